The molecule has 0 bridgehead atoms. The second-order valence-electron chi connectivity index (χ2n) is 8.28. The van der Waals surface area contributed by atoms with Gasteiger partial charge in [-0.25, -0.2) is 19.9 Å². The number of hydrogen-bond donors (Lipinski definition) is 4. The van der Waals surface area contributed by atoms with E-state index in [4.69, 9.17) is 1.37 Å². The molecule has 4 aromatic rings. The maximum atomic E-state index is 12.5. The lowest BCUT2D eigenvalue weighted by Gasteiger charge is -2.05. The minimum atomic E-state index is -0.561. The van der Waals surface area contributed by atoms with Crippen LogP contribution in [0.15, 0.2) is 37.3 Å². The summed E-state index contributed by atoms with van der Waals surface area (Å²) in [6.07, 6.45) is 7.47. The van der Waals surface area contributed by atoms with Gasteiger partial charge in [0.15, 0.2) is 23.3 Å². The molecule has 16 heteroatoms. The molecule has 198 valence electrons. The fraction of sp³-hybridized carbons (Fsp3) is 0.273. The molecule has 4 aromatic heterocycles. The van der Waals surface area contributed by atoms with Crippen LogP contribution in [0.4, 0.5) is 17.5 Å². The summed E-state index contributed by atoms with van der Waals surface area (Å²) in [5, 5.41) is 10.3. The number of rotatable bonds is 9. The van der Waals surface area contributed by atoms with E-state index in [0.29, 0.717) is 0 Å². The van der Waals surface area contributed by atoms with Crippen LogP contribution in [-0.4, -0.2) is 68.4 Å². The van der Waals surface area contributed by atoms with E-state index in [0.717, 1.165) is 0 Å². The zero-order valence-electron chi connectivity index (χ0n) is 22.0. The second-order valence-corrected chi connectivity index (χ2v) is 8.28. The van der Waals surface area contributed by atoms with Crippen molar-refractivity contribution in [1.29, 1.82) is 0 Å². The Balaban J connectivity index is 1.26. The molecule has 4 N–H and O–H groups in total. The van der Waals surface area contributed by atoms with E-state index < -0.39 is 23.6 Å². The highest BCUT2D eigenvalue weighted by molar-refractivity contribution is 6.02. The molecule has 0 aliphatic carbocycles. The van der Waals surface area contributed by atoms with Crippen LogP contribution in [-0.2, 0) is 33.0 Å². The van der Waals surface area contributed by atoms with E-state index in [1.807, 2.05) is 0 Å². The van der Waals surface area contributed by atoms with Crippen LogP contribution < -0.4 is 21.3 Å². The fourth-order valence-electron chi connectivity index (χ4n) is 3.41. The van der Waals surface area contributed by atoms with E-state index in [2.05, 4.69) is 41.2 Å². The van der Waals surface area contributed by atoms with Gasteiger partial charge in [0.1, 0.15) is 1.37 Å². The summed E-state index contributed by atoms with van der Waals surface area (Å²) in [4.78, 5) is 65.8. The van der Waals surface area contributed by atoms with E-state index in [9.17, 15) is 19.2 Å². The largest absolute Gasteiger partial charge is 0.349 e. The summed E-state index contributed by atoms with van der Waals surface area (Å²) in [5.41, 5.74) is 0. The highest BCUT2D eigenvalue weighted by atomic mass is 16.2. The first-order valence-corrected chi connectivity index (χ1v) is 11.3. The Morgan fingerprint density at radius 3 is 1.97 bits per heavy atom. The van der Waals surface area contributed by atoms with Gasteiger partial charge in [-0.2, -0.15) is 0 Å². The highest BCUT2D eigenvalue weighted by Gasteiger charge is 2.19. The summed E-state index contributed by atoms with van der Waals surface area (Å²) in [5.74, 6) is -1.23. The van der Waals surface area contributed by atoms with Crippen LogP contribution in [0.5, 0.6) is 0 Å². The molecule has 16 nitrogen and oxygen atoms in total. The zero-order chi connectivity index (χ0) is 28.3. The monoisotopic (exact) mass is 523 g/mol. The van der Waals surface area contributed by atoms with Crippen molar-refractivity contribution in [1.82, 2.24) is 43.5 Å². The maximum Gasteiger partial charge on any atom is 0.292 e. The lowest BCUT2D eigenvalue weighted by molar-refractivity contribution is -0.116. The van der Waals surface area contributed by atoms with Crippen LogP contribution in [0.3, 0.4) is 0 Å². The predicted molar refractivity (Wildman–Crippen MR) is 134 cm³/mol. The van der Waals surface area contributed by atoms with Crippen molar-refractivity contribution in [2.75, 3.05) is 22.5 Å². The van der Waals surface area contributed by atoms with Crippen molar-refractivity contribution in [3.63, 3.8) is 0 Å². The Morgan fingerprint density at radius 2 is 1.37 bits per heavy atom. The number of nitrogens with zero attached hydrogens (tertiary/aromatic N) is 8. The quantitative estimate of drug-likeness (QED) is 0.234. The van der Waals surface area contributed by atoms with Gasteiger partial charge in [0.2, 0.25) is 17.6 Å². The molecule has 0 aliphatic rings. The van der Waals surface area contributed by atoms with Crippen molar-refractivity contribution < 1.29 is 20.5 Å². The van der Waals surface area contributed by atoms with Gasteiger partial charge in [0.05, 0.1) is 6.30 Å². The van der Waals surface area contributed by atoms with E-state index in [1.165, 1.54) is 38.5 Å². The van der Waals surface area contributed by atoms with Crippen molar-refractivity contribution in [2.45, 2.75) is 6.42 Å². The third-order valence-corrected chi connectivity index (χ3v) is 5.22. The third-order valence-electron chi connectivity index (χ3n) is 5.22. The zero-order valence-corrected chi connectivity index (χ0v) is 21.0. The van der Waals surface area contributed by atoms with Crippen LogP contribution in [0.1, 0.15) is 39.6 Å². The molecule has 0 aromatic carbocycles. The maximum absolute atomic E-state index is 12.5. The van der Waals surface area contributed by atoms with Gasteiger partial charge in [0.25, 0.3) is 17.7 Å². The van der Waals surface area contributed by atoms with Crippen molar-refractivity contribution in [3.05, 3.63) is 54.8 Å². The number of carbonyl (C=O) groups is 4. The SMILES string of the molecule is [2H]c1nc(NC(=O)c2nc(NC(=O)CCNC(=O)c3nc(NC(=O)c4nccn4C)cn3C)cn2C)cn1C. The molecule has 0 radical (unpaired) electrons. The first-order valence-electron chi connectivity index (χ1n) is 11.8. The number of nitrogens with one attached hydrogen (secondary N) is 4. The molecular formula is C22H26N12O4. The molecule has 0 aliphatic heterocycles. The van der Waals surface area contributed by atoms with Gasteiger partial charge in [-0.05, 0) is 0 Å². The first-order chi connectivity index (χ1) is 18.5. The van der Waals surface area contributed by atoms with Gasteiger partial charge in [-0.15, -0.1) is 0 Å². The van der Waals surface area contributed by atoms with E-state index >= 15 is 0 Å². The summed E-state index contributed by atoms with van der Waals surface area (Å²) in [6.45, 7) is 0.00179. The minimum absolute atomic E-state index is 0.00179. The molecule has 0 saturated carbocycles. The fourth-order valence-corrected chi connectivity index (χ4v) is 3.41. The Kier molecular flexibility index (Phi) is 6.92. The molecule has 4 amide bonds. The van der Waals surface area contributed by atoms with Crippen LogP contribution in [0, 0.1) is 0 Å². The van der Waals surface area contributed by atoms with Crippen molar-refractivity contribution >= 4 is 41.1 Å². The Bertz CT molecular complexity index is 1540. The number of imidazole rings is 4. The van der Waals surface area contributed by atoms with Crippen LogP contribution >= 0.6 is 0 Å². The second kappa shape index (κ2) is 10.8. The molecule has 0 unspecified atom stereocenters. The summed E-state index contributed by atoms with van der Waals surface area (Å²) < 4.78 is 13.5. The van der Waals surface area contributed by atoms with Gasteiger partial charge in [0, 0.05) is 72.1 Å². The normalized spacial score (nSPS) is 11.1. The molecular weight excluding hydrogens is 496 g/mol. The molecule has 4 heterocycles. The van der Waals surface area contributed by atoms with E-state index in [1.54, 1.807) is 39.0 Å². The standard InChI is InChI=1S/C22H26N12O4/c1-31-9-13(25-12-31)29-22(38)19-27-14(10-34(19)4)26-16(35)5-6-24-20(36)18-28-15(11-33(18)3)30-21(37)17-23-7-8-32(17)2/h7-12H,5-6H2,1-4H3,(H,24,36)(H,26,35)(H,29,38)(H,30,37)/i12D. The Hall–Kier alpha value is -5.28. The Labute approximate surface area is 217 Å². The number of carbonyl (C=O) groups excluding carboxylic acids is 4. The first kappa shape index (κ1) is 24.4. The molecule has 0 fully saturated rings. The van der Waals surface area contributed by atoms with Crippen molar-refractivity contribution in [3.8, 4) is 0 Å². The average molecular weight is 524 g/mol. The predicted octanol–water partition coefficient (Wildman–Crippen LogP) is -0.116. The number of aromatic nitrogens is 8. The summed E-state index contributed by atoms with van der Waals surface area (Å²) >= 11 is 0. The molecule has 38 heavy (non-hydrogen) atoms. The van der Waals surface area contributed by atoms with Crippen LogP contribution in [0.2, 0.25) is 0 Å². The van der Waals surface area contributed by atoms with Gasteiger partial charge in [-0.3, -0.25) is 19.2 Å². The minimum Gasteiger partial charge on any atom is -0.349 e. The topological polar surface area (TPSA) is 188 Å². The molecule has 0 saturated heterocycles. The van der Waals surface area contributed by atoms with Gasteiger partial charge in [-0.1, -0.05) is 0 Å². The summed E-state index contributed by atoms with van der Waals surface area (Å²) in [6, 6.07) is 0. The number of aryl methyl sites for hydroxylation is 4. The Morgan fingerprint density at radius 1 is 0.763 bits per heavy atom. The highest BCUT2D eigenvalue weighted by Crippen LogP contribution is 2.11. The molecule has 0 spiro atoms. The van der Waals surface area contributed by atoms with Gasteiger partial charge >= 0.3 is 0 Å². The number of anilines is 3. The summed E-state index contributed by atoms with van der Waals surface area (Å²) in [7, 11) is 6.49. The third kappa shape index (κ3) is 5.92. The van der Waals surface area contributed by atoms with Gasteiger partial charge < -0.3 is 39.5 Å². The molecule has 0 atom stereocenters. The molecule has 4 rings (SSSR count). The van der Waals surface area contributed by atoms with E-state index in [-0.39, 0.29) is 54.2 Å². The van der Waals surface area contributed by atoms with Crippen molar-refractivity contribution in [2.24, 2.45) is 28.2 Å². The lowest BCUT2D eigenvalue weighted by Crippen LogP contribution is -2.29. The number of hydrogen-bond acceptors (Lipinski definition) is 8. The number of amides is 4. The van der Waals surface area contributed by atoms with Crippen LogP contribution in [0.25, 0.3) is 0 Å². The lowest BCUT2D eigenvalue weighted by atomic mass is 10.4. The smallest absolute Gasteiger partial charge is 0.292 e. The average Bonchev–Trinajstić information content (AvgIpc) is 3.62.